The van der Waals surface area contributed by atoms with Crippen LogP contribution < -0.4 is 5.73 Å². The smallest absolute Gasteiger partial charge is 0.239 e. The van der Waals surface area contributed by atoms with Crippen molar-refractivity contribution in [3.63, 3.8) is 0 Å². The van der Waals surface area contributed by atoms with Gasteiger partial charge in [0.15, 0.2) is 0 Å². The zero-order valence-electron chi connectivity index (χ0n) is 14.1. The number of hydrogen-bond donors (Lipinski definition) is 1. The molecule has 24 heavy (non-hydrogen) atoms. The number of nitrogens with two attached hydrogens (primary N) is 1. The second kappa shape index (κ2) is 7.59. The summed E-state index contributed by atoms with van der Waals surface area (Å²) in [5, 5.41) is 0. The molecule has 2 heterocycles. The van der Waals surface area contributed by atoms with Gasteiger partial charge in [0.2, 0.25) is 5.91 Å². The Labute approximate surface area is 142 Å². The second-order valence-corrected chi connectivity index (χ2v) is 6.16. The Kier molecular flexibility index (Phi) is 5.27. The third-order valence-electron chi connectivity index (χ3n) is 4.66. The number of benzene rings is 1. The predicted octanol–water partition coefficient (Wildman–Crippen LogP) is 1.25. The lowest BCUT2D eigenvalue weighted by molar-refractivity contribution is -0.124. The molecule has 1 unspecified atom stereocenters. The highest BCUT2D eigenvalue weighted by Gasteiger charge is 2.29. The summed E-state index contributed by atoms with van der Waals surface area (Å²) < 4.78 is 2.17. The monoisotopic (exact) mass is 327 g/mol. The van der Waals surface area contributed by atoms with Gasteiger partial charge >= 0.3 is 0 Å². The van der Waals surface area contributed by atoms with Gasteiger partial charge in [-0.3, -0.25) is 14.6 Å². The molecule has 1 aromatic heterocycles. The molecular formula is C18H25N5O. The van der Waals surface area contributed by atoms with Crippen molar-refractivity contribution in [3.05, 3.63) is 54.1 Å². The number of hydrogen-bond acceptors (Lipinski definition) is 4. The van der Waals surface area contributed by atoms with Crippen LogP contribution in [0.4, 0.5) is 0 Å². The van der Waals surface area contributed by atoms with Crippen LogP contribution in [-0.2, 0) is 17.9 Å². The van der Waals surface area contributed by atoms with E-state index in [4.69, 9.17) is 5.73 Å². The van der Waals surface area contributed by atoms with Gasteiger partial charge in [-0.2, -0.15) is 0 Å². The van der Waals surface area contributed by atoms with Crippen LogP contribution in [0.3, 0.4) is 0 Å². The van der Waals surface area contributed by atoms with Gasteiger partial charge in [-0.05, 0) is 12.5 Å². The van der Waals surface area contributed by atoms with Crippen molar-refractivity contribution in [2.24, 2.45) is 5.73 Å². The number of piperazine rings is 1. The van der Waals surface area contributed by atoms with Crippen molar-refractivity contribution >= 4 is 5.91 Å². The Hall–Kier alpha value is -2.18. The molecule has 0 bridgehead atoms. The Balaban J connectivity index is 1.62. The van der Waals surface area contributed by atoms with E-state index in [0.29, 0.717) is 0 Å². The molecule has 1 atom stereocenters. The molecule has 2 N–H and O–H groups in total. The molecule has 1 fully saturated rings. The molecule has 1 aliphatic heterocycles. The minimum atomic E-state index is -0.342. The number of rotatable bonds is 6. The molecule has 1 aromatic carbocycles. The first kappa shape index (κ1) is 16.7. The molecule has 128 valence electrons. The van der Waals surface area contributed by atoms with Crippen LogP contribution in [-0.4, -0.2) is 51.4 Å². The molecule has 6 heteroatoms. The lowest BCUT2D eigenvalue weighted by Crippen LogP contribution is -2.50. The molecule has 0 radical (unpaired) electrons. The van der Waals surface area contributed by atoms with Crippen LogP contribution in [0.5, 0.6) is 0 Å². The maximum absolute atomic E-state index is 12.0. The number of aromatic nitrogens is 2. The number of primary amides is 1. The van der Waals surface area contributed by atoms with E-state index in [-0.39, 0.29) is 11.9 Å². The summed E-state index contributed by atoms with van der Waals surface area (Å²) in [6.07, 6.45) is 3.87. The van der Waals surface area contributed by atoms with E-state index in [1.54, 1.807) is 0 Å². The van der Waals surface area contributed by atoms with Crippen molar-refractivity contribution in [2.75, 3.05) is 26.2 Å². The van der Waals surface area contributed by atoms with Crippen LogP contribution in [0, 0.1) is 0 Å². The van der Waals surface area contributed by atoms with Crippen LogP contribution in [0.15, 0.2) is 42.7 Å². The van der Waals surface area contributed by atoms with E-state index < -0.39 is 0 Å². The quantitative estimate of drug-likeness (QED) is 0.867. The van der Waals surface area contributed by atoms with Crippen molar-refractivity contribution < 1.29 is 4.79 Å². The summed E-state index contributed by atoms with van der Waals surface area (Å²) in [4.78, 5) is 21.0. The van der Waals surface area contributed by atoms with Crippen molar-refractivity contribution in [3.8, 4) is 0 Å². The van der Waals surface area contributed by atoms with Crippen LogP contribution in [0.1, 0.15) is 24.4 Å². The molecule has 3 rings (SSSR count). The molecule has 1 saturated heterocycles. The lowest BCUT2D eigenvalue weighted by Gasteiger charge is -2.38. The maximum atomic E-state index is 12.0. The first-order chi connectivity index (χ1) is 11.7. The summed E-state index contributed by atoms with van der Waals surface area (Å²) >= 11 is 0. The number of nitrogens with zero attached hydrogens (tertiary/aromatic N) is 4. The van der Waals surface area contributed by atoms with Crippen LogP contribution >= 0.6 is 0 Å². The Morgan fingerprint density at radius 3 is 2.54 bits per heavy atom. The fourth-order valence-electron chi connectivity index (χ4n) is 3.35. The fraction of sp³-hybridized carbons (Fsp3) is 0.444. The highest BCUT2D eigenvalue weighted by molar-refractivity contribution is 5.81. The average Bonchev–Trinajstić information content (AvgIpc) is 3.04. The molecule has 0 saturated carbocycles. The SMILES string of the molecule is CCn1ccnc1CN1CCN(C(C(N)=O)c2ccccc2)CC1. The highest BCUT2D eigenvalue weighted by atomic mass is 16.1. The molecule has 2 aromatic rings. The standard InChI is InChI=1S/C18H25N5O/c1-2-22-9-8-20-16(22)14-21-10-12-23(13-11-21)17(18(19)24)15-6-4-3-5-7-15/h3-9,17H,2,10-14H2,1H3,(H2,19,24). The topological polar surface area (TPSA) is 67.4 Å². The first-order valence-electron chi connectivity index (χ1n) is 8.49. The summed E-state index contributed by atoms with van der Waals surface area (Å²) in [6, 6.07) is 9.46. The summed E-state index contributed by atoms with van der Waals surface area (Å²) in [6.45, 7) is 7.39. The van der Waals surface area contributed by atoms with Gasteiger partial charge in [0.1, 0.15) is 11.9 Å². The molecule has 1 amide bonds. The van der Waals surface area contributed by atoms with Gasteiger partial charge < -0.3 is 10.3 Å². The minimum Gasteiger partial charge on any atom is -0.368 e. The molecular weight excluding hydrogens is 302 g/mol. The van der Waals surface area contributed by atoms with E-state index in [1.165, 1.54) is 0 Å². The van der Waals surface area contributed by atoms with Gasteiger partial charge in [-0.15, -0.1) is 0 Å². The lowest BCUT2D eigenvalue weighted by atomic mass is 10.0. The van der Waals surface area contributed by atoms with Crippen LogP contribution in [0.2, 0.25) is 0 Å². The van der Waals surface area contributed by atoms with E-state index in [1.807, 2.05) is 42.7 Å². The molecule has 6 nitrogen and oxygen atoms in total. The average molecular weight is 327 g/mol. The largest absolute Gasteiger partial charge is 0.368 e. The number of carbonyl (C=O) groups excluding carboxylic acids is 1. The van der Waals surface area contributed by atoms with Crippen molar-refractivity contribution in [1.82, 2.24) is 19.4 Å². The Bertz CT molecular complexity index is 661. The molecule has 0 spiro atoms. The molecule has 0 aliphatic carbocycles. The number of carbonyl (C=O) groups is 1. The Morgan fingerprint density at radius 2 is 1.92 bits per heavy atom. The van der Waals surface area contributed by atoms with Gasteiger partial charge in [0.25, 0.3) is 0 Å². The maximum Gasteiger partial charge on any atom is 0.239 e. The second-order valence-electron chi connectivity index (χ2n) is 6.16. The number of amides is 1. The molecule has 1 aliphatic rings. The normalized spacial score (nSPS) is 17.7. The van der Waals surface area contributed by atoms with E-state index in [9.17, 15) is 4.79 Å². The van der Waals surface area contributed by atoms with E-state index >= 15 is 0 Å². The van der Waals surface area contributed by atoms with Crippen molar-refractivity contribution in [2.45, 2.75) is 26.1 Å². The van der Waals surface area contributed by atoms with E-state index in [0.717, 1.165) is 50.7 Å². The third-order valence-corrected chi connectivity index (χ3v) is 4.66. The zero-order valence-corrected chi connectivity index (χ0v) is 14.1. The number of imidazole rings is 1. The Morgan fingerprint density at radius 1 is 1.21 bits per heavy atom. The van der Waals surface area contributed by atoms with E-state index in [2.05, 4.69) is 26.3 Å². The van der Waals surface area contributed by atoms with Crippen LogP contribution in [0.25, 0.3) is 0 Å². The van der Waals surface area contributed by atoms with Gasteiger partial charge in [-0.1, -0.05) is 30.3 Å². The summed E-state index contributed by atoms with van der Waals surface area (Å²) in [7, 11) is 0. The van der Waals surface area contributed by atoms with Crippen molar-refractivity contribution in [1.29, 1.82) is 0 Å². The van der Waals surface area contributed by atoms with Gasteiger partial charge in [0, 0.05) is 45.1 Å². The third kappa shape index (κ3) is 3.66. The number of aryl methyl sites for hydroxylation is 1. The first-order valence-corrected chi connectivity index (χ1v) is 8.49. The minimum absolute atomic E-state index is 0.281. The predicted molar refractivity (Wildman–Crippen MR) is 93.1 cm³/mol. The summed E-state index contributed by atoms with van der Waals surface area (Å²) in [5.41, 5.74) is 6.65. The summed E-state index contributed by atoms with van der Waals surface area (Å²) in [5.74, 6) is 0.816. The van der Waals surface area contributed by atoms with Gasteiger partial charge in [0.05, 0.1) is 6.54 Å². The zero-order chi connectivity index (χ0) is 16.9. The van der Waals surface area contributed by atoms with Gasteiger partial charge in [-0.25, -0.2) is 4.98 Å². The fourth-order valence-corrected chi connectivity index (χ4v) is 3.35. The highest BCUT2D eigenvalue weighted by Crippen LogP contribution is 2.22.